The molecule has 1 N–H and O–H groups in total. The van der Waals surface area contributed by atoms with Crippen molar-refractivity contribution in [1.82, 2.24) is 9.66 Å². The first kappa shape index (κ1) is 29.4. The third kappa shape index (κ3) is 7.12. The number of rotatable bonds is 10. The normalized spacial score (nSPS) is 11.2. The Morgan fingerprint density at radius 2 is 1.93 bits per heavy atom. The summed E-state index contributed by atoms with van der Waals surface area (Å²) in [6, 6.07) is 14.5. The molecule has 0 aliphatic heterocycles. The van der Waals surface area contributed by atoms with Gasteiger partial charge in [0.05, 0.1) is 22.0 Å². The van der Waals surface area contributed by atoms with E-state index < -0.39 is 17.4 Å². The van der Waals surface area contributed by atoms with E-state index in [2.05, 4.69) is 47.3 Å². The number of halogens is 3. The summed E-state index contributed by atoms with van der Waals surface area (Å²) in [5.41, 5.74) is 0.444. The minimum Gasteiger partial charge on any atom is -0.476 e. The van der Waals surface area contributed by atoms with Crippen LogP contribution < -0.4 is 15.6 Å². The third-order valence-electron chi connectivity index (χ3n) is 5.68. The van der Waals surface area contributed by atoms with Crippen LogP contribution in [0.1, 0.15) is 31.2 Å². The Labute approximate surface area is 250 Å². The molecule has 4 aromatic rings. The highest BCUT2D eigenvalue weighted by Crippen LogP contribution is 2.34. The smallest absolute Gasteiger partial charge is 0.312 e. The molecule has 40 heavy (non-hydrogen) atoms. The van der Waals surface area contributed by atoms with Gasteiger partial charge in [0, 0.05) is 37.7 Å². The SMILES string of the molecule is CCCCc1nc2ccc(Br)cc2c(=O)n1N=Cc1cc(Br)cc([N+](=O)[O-])c1OCC(=O)Nc1ccc(Cl)cc1. The molecule has 0 aliphatic carbocycles. The Morgan fingerprint density at radius 3 is 2.62 bits per heavy atom. The molecule has 0 saturated heterocycles. The monoisotopic (exact) mass is 689 g/mol. The predicted octanol–water partition coefficient (Wildman–Crippen LogP) is 6.73. The maximum Gasteiger partial charge on any atom is 0.312 e. The van der Waals surface area contributed by atoms with Gasteiger partial charge in [-0.25, -0.2) is 4.98 Å². The van der Waals surface area contributed by atoms with E-state index in [-0.39, 0.29) is 22.6 Å². The largest absolute Gasteiger partial charge is 0.476 e. The molecule has 0 aliphatic rings. The Bertz CT molecular complexity index is 1680. The summed E-state index contributed by atoms with van der Waals surface area (Å²) in [4.78, 5) is 41.8. The number of unbranched alkanes of at least 4 members (excludes halogenated alkanes) is 1. The van der Waals surface area contributed by atoms with Gasteiger partial charge in [0.15, 0.2) is 6.61 Å². The van der Waals surface area contributed by atoms with Crippen LogP contribution >= 0.6 is 43.5 Å². The summed E-state index contributed by atoms with van der Waals surface area (Å²) in [7, 11) is 0. The van der Waals surface area contributed by atoms with Crippen LogP contribution in [0.3, 0.4) is 0 Å². The Hall–Kier alpha value is -3.61. The number of ether oxygens (including phenoxy) is 1. The van der Waals surface area contributed by atoms with Crippen molar-refractivity contribution in [3.8, 4) is 5.75 Å². The van der Waals surface area contributed by atoms with Crippen molar-refractivity contribution in [2.45, 2.75) is 26.2 Å². The van der Waals surface area contributed by atoms with E-state index in [0.29, 0.717) is 42.8 Å². The zero-order valence-electron chi connectivity index (χ0n) is 21.1. The average Bonchev–Trinajstić information content (AvgIpc) is 2.92. The van der Waals surface area contributed by atoms with Crippen LogP contribution in [-0.2, 0) is 11.2 Å². The molecule has 13 heteroatoms. The maximum atomic E-state index is 13.4. The van der Waals surface area contributed by atoms with E-state index in [4.69, 9.17) is 16.3 Å². The van der Waals surface area contributed by atoms with Crippen molar-refractivity contribution in [3.05, 3.63) is 100 Å². The fourth-order valence-corrected chi connectivity index (χ4v) is 4.74. The number of hydrogen-bond acceptors (Lipinski definition) is 7. The zero-order chi connectivity index (χ0) is 28.8. The van der Waals surface area contributed by atoms with E-state index in [1.807, 2.05) is 6.92 Å². The lowest BCUT2D eigenvalue weighted by Gasteiger charge is -2.12. The average molecular weight is 692 g/mol. The van der Waals surface area contributed by atoms with Gasteiger partial charge in [-0.3, -0.25) is 19.7 Å². The molecule has 206 valence electrons. The summed E-state index contributed by atoms with van der Waals surface area (Å²) >= 11 is 12.5. The number of aromatic nitrogens is 2. The number of nitrogens with zero attached hydrogens (tertiary/aromatic N) is 4. The number of benzene rings is 3. The number of amides is 1. The number of nitro groups is 1. The van der Waals surface area contributed by atoms with Crippen molar-refractivity contribution < 1.29 is 14.5 Å². The summed E-state index contributed by atoms with van der Waals surface area (Å²) in [5, 5.41) is 19.7. The van der Waals surface area contributed by atoms with Crippen LogP contribution in [0.15, 0.2) is 73.4 Å². The fraction of sp³-hybridized carbons (Fsp3) is 0.185. The minimum absolute atomic E-state index is 0.178. The molecular weight excluding hydrogens is 670 g/mol. The molecule has 1 amide bonds. The number of aryl methyl sites for hydroxylation is 1. The van der Waals surface area contributed by atoms with Crippen LogP contribution in [0.25, 0.3) is 10.9 Å². The molecule has 0 bridgehead atoms. The molecule has 0 spiro atoms. The van der Waals surface area contributed by atoms with Gasteiger partial charge in [0.2, 0.25) is 5.75 Å². The van der Waals surface area contributed by atoms with Crippen molar-refractivity contribution in [2.24, 2.45) is 5.10 Å². The minimum atomic E-state index is -0.623. The quantitative estimate of drug-likeness (QED) is 0.112. The second-order valence-electron chi connectivity index (χ2n) is 8.60. The van der Waals surface area contributed by atoms with E-state index >= 15 is 0 Å². The zero-order valence-corrected chi connectivity index (χ0v) is 25.0. The number of carbonyl (C=O) groups excluding carboxylic acids is 1. The topological polar surface area (TPSA) is 129 Å². The standard InChI is InChI=1S/C27H22Br2ClN5O5/c1-2-3-4-24-33-22-10-5-17(28)12-21(22)27(37)34(24)31-14-16-11-18(29)13-23(35(38)39)26(16)40-15-25(36)32-20-8-6-19(30)7-9-20/h5-14H,2-4,15H2,1H3,(H,32,36). The van der Waals surface area contributed by atoms with Gasteiger partial charge >= 0.3 is 5.69 Å². The van der Waals surface area contributed by atoms with E-state index in [1.54, 1.807) is 48.5 Å². The van der Waals surface area contributed by atoms with Crippen LogP contribution in [-0.4, -0.2) is 33.3 Å². The van der Waals surface area contributed by atoms with Crippen molar-refractivity contribution in [3.63, 3.8) is 0 Å². The van der Waals surface area contributed by atoms with Gasteiger partial charge in [-0.1, -0.05) is 56.8 Å². The van der Waals surface area contributed by atoms with Crippen LogP contribution in [0, 0.1) is 10.1 Å². The number of hydrogen-bond donors (Lipinski definition) is 1. The van der Waals surface area contributed by atoms with E-state index in [9.17, 15) is 19.7 Å². The second kappa shape index (κ2) is 13.2. The maximum absolute atomic E-state index is 13.4. The summed E-state index contributed by atoms with van der Waals surface area (Å²) in [6.45, 7) is 1.51. The molecule has 3 aromatic carbocycles. The Kier molecular flexibility index (Phi) is 9.67. The molecule has 0 fully saturated rings. The van der Waals surface area contributed by atoms with Crippen molar-refractivity contribution in [1.29, 1.82) is 0 Å². The first-order valence-electron chi connectivity index (χ1n) is 12.1. The van der Waals surface area contributed by atoms with Gasteiger partial charge in [-0.05, 0) is 55.0 Å². The van der Waals surface area contributed by atoms with Crippen LogP contribution in [0.2, 0.25) is 5.02 Å². The molecule has 0 saturated carbocycles. The van der Waals surface area contributed by atoms with Gasteiger partial charge in [0.25, 0.3) is 11.5 Å². The third-order valence-corrected chi connectivity index (χ3v) is 6.88. The molecule has 0 atom stereocenters. The summed E-state index contributed by atoms with van der Waals surface area (Å²) in [5.74, 6) is -0.264. The van der Waals surface area contributed by atoms with Crippen LogP contribution in [0.4, 0.5) is 11.4 Å². The molecular formula is C27H22Br2ClN5O5. The van der Waals surface area contributed by atoms with E-state index in [0.717, 1.165) is 12.8 Å². The number of nitro benzene ring substituents is 1. The molecule has 0 unspecified atom stereocenters. The molecule has 1 aromatic heterocycles. The highest BCUT2D eigenvalue weighted by Gasteiger charge is 2.22. The summed E-state index contributed by atoms with van der Waals surface area (Å²) < 4.78 is 7.93. The first-order valence-corrected chi connectivity index (χ1v) is 14.0. The predicted molar refractivity (Wildman–Crippen MR) is 162 cm³/mol. The highest BCUT2D eigenvalue weighted by molar-refractivity contribution is 9.10. The van der Waals surface area contributed by atoms with Crippen molar-refractivity contribution >= 4 is 77.9 Å². The number of anilines is 1. The second-order valence-corrected chi connectivity index (χ2v) is 10.9. The molecule has 0 radical (unpaired) electrons. The van der Waals surface area contributed by atoms with Crippen molar-refractivity contribution in [2.75, 3.05) is 11.9 Å². The highest BCUT2D eigenvalue weighted by atomic mass is 79.9. The molecule has 4 rings (SSSR count). The fourth-order valence-electron chi connectivity index (χ4n) is 3.79. The van der Waals surface area contributed by atoms with Crippen LogP contribution in [0.5, 0.6) is 5.75 Å². The summed E-state index contributed by atoms with van der Waals surface area (Å²) in [6.07, 6.45) is 3.45. The number of nitrogens with one attached hydrogen (secondary N) is 1. The van der Waals surface area contributed by atoms with Gasteiger partial charge in [-0.2, -0.15) is 9.78 Å². The Morgan fingerprint density at radius 1 is 1.18 bits per heavy atom. The van der Waals surface area contributed by atoms with Gasteiger partial charge < -0.3 is 10.1 Å². The lowest BCUT2D eigenvalue weighted by Crippen LogP contribution is -2.23. The number of carbonyl (C=O) groups is 1. The molecule has 1 heterocycles. The van der Waals surface area contributed by atoms with Gasteiger partial charge in [0.1, 0.15) is 5.82 Å². The number of fused-ring (bicyclic) bond motifs is 1. The Balaban J connectivity index is 1.71. The van der Waals surface area contributed by atoms with Gasteiger partial charge in [-0.15, -0.1) is 0 Å². The van der Waals surface area contributed by atoms with E-state index in [1.165, 1.54) is 17.0 Å². The lowest BCUT2D eigenvalue weighted by molar-refractivity contribution is -0.385. The lowest BCUT2D eigenvalue weighted by atomic mass is 10.2. The first-order chi connectivity index (χ1) is 19.2. The molecule has 10 nitrogen and oxygen atoms in total.